The van der Waals surface area contributed by atoms with Crippen molar-refractivity contribution >= 4 is 0 Å². The molecule has 0 amide bonds. The molecule has 2 rings (SSSR count). The average molecular weight is 216 g/mol. The maximum Gasteiger partial charge on any atom is -0.0161 e. The second kappa shape index (κ2) is 4.24. The SMILES string of the molecule is Cc1cc(C)cc(C2CCC(C)(C)CC2)c1. The molecule has 0 nitrogen and oxygen atoms in total. The fourth-order valence-electron chi connectivity index (χ4n) is 2.98. The summed E-state index contributed by atoms with van der Waals surface area (Å²) in [5, 5.41) is 0. The van der Waals surface area contributed by atoms with Gasteiger partial charge < -0.3 is 0 Å². The smallest absolute Gasteiger partial charge is 0.0161 e. The van der Waals surface area contributed by atoms with Crippen LogP contribution in [0.25, 0.3) is 0 Å². The highest BCUT2D eigenvalue weighted by Crippen LogP contribution is 2.42. The van der Waals surface area contributed by atoms with E-state index >= 15 is 0 Å². The van der Waals surface area contributed by atoms with E-state index in [0.29, 0.717) is 5.41 Å². The Balaban J connectivity index is 2.14. The molecule has 1 saturated carbocycles. The first-order chi connectivity index (χ1) is 7.46. The van der Waals surface area contributed by atoms with Gasteiger partial charge in [0.05, 0.1) is 0 Å². The highest BCUT2D eigenvalue weighted by Gasteiger charge is 2.27. The lowest BCUT2D eigenvalue weighted by Crippen LogP contribution is -2.20. The molecule has 1 aliphatic carbocycles. The molecule has 0 spiro atoms. The van der Waals surface area contributed by atoms with Crippen molar-refractivity contribution < 1.29 is 0 Å². The maximum atomic E-state index is 2.41. The quantitative estimate of drug-likeness (QED) is 0.620. The average Bonchev–Trinajstić information content (AvgIpc) is 2.15. The van der Waals surface area contributed by atoms with Gasteiger partial charge in [-0.05, 0) is 56.4 Å². The van der Waals surface area contributed by atoms with Gasteiger partial charge in [0, 0.05) is 0 Å². The van der Waals surface area contributed by atoms with Crippen LogP contribution in [0.15, 0.2) is 18.2 Å². The summed E-state index contributed by atoms with van der Waals surface area (Å²) in [5.41, 5.74) is 4.99. The Hall–Kier alpha value is -0.780. The molecular formula is C16H24. The number of aryl methyl sites for hydroxylation is 2. The minimum Gasteiger partial charge on any atom is -0.0599 e. The van der Waals surface area contributed by atoms with E-state index < -0.39 is 0 Å². The van der Waals surface area contributed by atoms with Crippen LogP contribution in [0.1, 0.15) is 62.1 Å². The highest BCUT2D eigenvalue weighted by molar-refractivity contribution is 5.31. The van der Waals surface area contributed by atoms with Crippen molar-refractivity contribution in [3.05, 3.63) is 34.9 Å². The molecule has 0 radical (unpaired) electrons. The van der Waals surface area contributed by atoms with Gasteiger partial charge in [0.15, 0.2) is 0 Å². The van der Waals surface area contributed by atoms with E-state index in [2.05, 4.69) is 45.9 Å². The molecule has 0 heteroatoms. The molecule has 1 aromatic rings. The molecule has 0 N–H and O–H groups in total. The summed E-state index contributed by atoms with van der Waals surface area (Å²) < 4.78 is 0. The lowest BCUT2D eigenvalue weighted by Gasteiger charge is -2.34. The van der Waals surface area contributed by atoms with Gasteiger partial charge in [0.2, 0.25) is 0 Å². The van der Waals surface area contributed by atoms with Gasteiger partial charge in [-0.1, -0.05) is 43.2 Å². The molecule has 0 bridgehead atoms. The minimum atomic E-state index is 0.579. The summed E-state index contributed by atoms with van der Waals surface area (Å²) in [4.78, 5) is 0. The lowest BCUT2D eigenvalue weighted by molar-refractivity contribution is 0.224. The van der Waals surface area contributed by atoms with Crippen LogP contribution in [-0.2, 0) is 0 Å². The number of hydrogen-bond acceptors (Lipinski definition) is 0. The van der Waals surface area contributed by atoms with Crippen LogP contribution in [0.5, 0.6) is 0 Å². The zero-order valence-corrected chi connectivity index (χ0v) is 11.1. The number of hydrogen-bond donors (Lipinski definition) is 0. The molecule has 0 unspecified atom stereocenters. The molecular weight excluding hydrogens is 192 g/mol. The second-order valence-electron chi connectivity index (χ2n) is 6.36. The highest BCUT2D eigenvalue weighted by atomic mass is 14.3. The fraction of sp³-hybridized carbons (Fsp3) is 0.625. The predicted molar refractivity (Wildman–Crippen MR) is 70.9 cm³/mol. The molecule has 16 heavy (non-hydrogen) atoms. The van der Waals surface area contributed by atoms with Crippen LogP contribution in [-0.4, -0.2) is 0 Å². The molecule has 0 heterocycles. The van der Waals surface area contributed by atoms with Crippen molar-refractivity contribution in [2.24, 2.45) is 5.41 Å². The van der Waals surface area contributed by atoms with E-state index in [9.17, 15) is 0 Å². The Morgan fingerprint density at radius 2 is 1.44 bits per heavy atom. The molecule has 0 aliphatic heterocycles. The topological polar surface area (TPSA) is 0 Å². The van der Waals surface area contributed by atoms with Crippen molar-refractivity contribution in [2.45, 2.75) is 59.3 Å². The van der Waals surface area contributed by atoms with Gasteiger partial charge in [-0.3, -0.25) is 0 Å². The Labute approximate surface area is 100 Å². The first-order valence-electron chi connectivity index (χ1n) is 6.54. The Morgan fingerprint density at radius 3 is 1.94 bits per heavy atom. The fourth-order valence-corrected chi connectivity index (χ4v) is 2.98. The molecule has 1 aromatic carbocycles. The number of rotatable bonds is 1. The molecule has 0 saturated heterocycles. The summed E-state index contributed by atoms with van der Waals surface area (Å²) in [6, 6.07) is 7.04. The van der Waals surface area contributed by atoms with Crippen molar-refractivity contribution in [2.75, 3.05) is 0 Å². The third-order valence-electron chi connectivity index (χ3n) is 4.05. The van der Waals surface area contributed by atoms with Gasteiger partial charge >= 0.3 is 0 Å². The molecule has 1 aliphatic rings. The van der Waals surface area contributed by atoms with Gasteiger partial charge in [-0.25, -0.2) is 0 Å². The van der Waals surface area contributed by atoms with Crippen molar-refractivity contribution in [3.63, 3.8) is 0 Å². The third kappa shape index (κ3) is 2.66. The van der Waals surface area contributed by atoms with E-state index in [-0.39, 0.29) is 0 Å². The molecule has 0 atom stereocenters. The van der Waals surface area contributed by atoms with Crippen molar-refractivity contribution in [3.8, 4) is 0 Å². The van der Waals surface area contributed by atoms with Crippen LogP contribution in [0, 0.1) is 19.3 Å². The van der Waals surface area contributed by atoms with E-state index in [1.165, 1.54) is 36.8 Å². The summed E-state index contributed by atoms with van der Waals surface area (Å²) >= 11 is 0. The molecule has 0 aromatic heterocycles. The summed E-state index contributed by atoms with van der Waals surface area (Å²) in [6.45, 7) is 9.24. The second-order valence-corrected chi connectivity index (χ2v) is 6.36. The van der Waals surface area contributed by atoms with Gasteiger partial charge in [0.1, 0.15) is 0 Å². The Bertz CT molecular complexity index is 343. The van der Waals surface area contributed by atoms with Crippen molar-refractivity contribution in [1.29, 1.82) is 0 Å². The third-order valence-corrected chi connectivity index (χ3v) is 4.05. The van der Waals surface area contributed by atoms with Crippen LogP contribution in [0.3, 0.4) is 0 Å². The normalized spacial score (nSPS) is 21.0. The lowest BCUT2D eigenvalue weighted by atomic mass is 9.71. The first kappa shape index (κ1) is 11.7. The first-order valence-corrected chi connectivity index (χ1v) is 6.54. The Kier molecular flexibility index (Phi) is 3.10. The summed E-state index contributed by atoms with van der Waals surface area (Å²) in [6.07, 6.45) is 5.50. The monoisotopic (exact) mass is 216 g/mol. The molecule has 88 valence electrons. The largest absolute Gasteiger partial charge is 0.0599 e. The zero-order chi connectivity index (χ0) is 11.8. The minimum absolute atomic E-state index is 0.579. The van der Waals surface area contributed by atoms with E-state index in [1.54, 1.807) is 5.56 Å². The van der Waals surface area contributed by atoms with Gasteiger partial charge in [-0.2, -0.15) is 0 Å². The van der Waals surface area contributed by atoms with Gasteiger partial charge in [0.25, 0.3) is 0 Å². The maximum absolute atomic E-state index is 2.41. The standard InChI is InChI=1S/C16H24/c1-12-9-13(2)11-15(10-12)14-5-7-16(3,4)8-6-14/h9-11,14H,5-8H2,1-4H3. The van der Waals surface area contributed by atoms with Crippen LogP contribution >= 0.6 is 0 Å². The van der Waals surface area contributed by atoms with Crippen LogP contribution in [0.2, 0.25) is 0 Å². The Morgan fingerprint density at radius 1 is 0.938 bits per heavy atom. The van der Waals surface area contributed by atoms with Crippen LogP contribution in [0.4, 0.5) is 0 Å². The zero-order valence-electron chi connectivity index (χ0n) is 11.1. The van der Waals surface area contributed by atoms with Gasteiger partial charge in [-0.15, -0.1) is 0 Å². The molecule has 1 fully saturated rings. The van der Waals surface area contributed by atoms with E-state index in [0.717, 1.165) is 5.92 Å². The van der Waals surface area contributed by atoms with Crippen molar-refractivity contribution in [1.82, 2.24) is 0 Å². The summed E-state index contributed by atoms with van der Waals surface area (Å²) in [7, 11) is 0. The van der Waals surface area contributed by atoms with Crippen LogP contribution < -0.4 is 0 Å². The number of benzene rings is 1. The predicted octanol–water partition coefficient (Wildman–Crippen LogP) is 4.99. The van der Waals surface area contributed by atoms with E-state index in [4.69, 9.17) is 0 Å². The van der Waals surface area contributed by atoms with E-state index in [1.807, 2.05) is 0 Å². The summed E-state index contributed by atoms with van der Waals surface area (Å²) in [5.74, 6) is 0.812.